The first-order chi connectivity index (χ1) is 4.41. The van der Waals surface area contributed by atoms with E-state index in [9.17, 15) is 0 Å². The Morgan fingerprint density at radius 1 is 0.778 bits per heavy atom. The van der Waals surface area contributed by atoms with Gasteiger partial charge in [0, 0.05) is 13.1 Å². The summed E-state index contributed by atoms with van der Waals surface area (Å²) in [6, 6.07) is 0. The van der Waals surface area contributed by atoms with Gasteiger partial charge in [-0.05, 0) is 12.8 Å². The Morgan fingerprint density at radius 2 is 1.22 bits per heavy atom. The zero-order valence-electron chi connectivity index (χ0n) is 5.84. The highest BCUT2D eigenvalue weighted by Crippen LogP contribution is 2.02. The van der Waals surface area contributed by atoms with Crippen molar-refractivity contribution < 1.29 is 0 Å². The van der Waals surface area contributed by atoms with E-state index in [-0.39, 0.29) is 0 Å². The monoisotopic (exact) mass is 128 g/mol. The van der Waals surface area contributed by atoms with E-state index in [1.54, 1.807) is 13.1 Å². The Morgan fingerprint density at radius 3 is 1.56 bits per heavy atom. The van der Waals surface area contributed by atoms with Crippen LogP contribution in [-0.2, 0) is 0 Å². The summed E-state index contributed by atoms with van der Waals surface area (Å²) >= 11 is 0. The van der Waals surface area contributed by atoms with E-state index in [0.29, 0.717) is 0 Å². The van der Waals surface area contributed by atoms with Gasteiger partial charge in [0.15, 0.2) is 0 Å². The molecule has 0 bridgehead atoms. The van der Waals surface area contributed by atoms with Crippen molar-refractivity contribution in [3.63, 3.8) is 0 Å². The molecular formula is C7H16N2. The van der Waals surface area contributed by atoms with Crippen molar-refractivity contribution in [3.05, 3.63) is 13.1 Å². The van der Waals surface area contributed by atoms with Crippen LogP contribution in [0.3, 0.4) is 0 Å². The second kappa shape index (κ2) is 7.92. The summed E-state index contributed by atoms with van der Waals surface area (Å²) in [7, 11) is 0. The second-order valence-electron chi connectivity index (χ2n) is 2.11. The van der Waals surface area contributed by atoms with Gasteiger partial charge >= 0.3 is 0 Å². The highest BCUT2D eigenvalue weighted by molar-refractivity contribution is 4.57. The third-order valence-corrected chi connectivity index (χ3v) is 1.24. The van der Waals surface area contributed by atoms with Crippen LogP contribution in [0.15, 0.2) is 0 Å². The molecule has 0 fully saturated rings. The van der Waals surface area contributed by atoms with E-state index in [1.165, 1.54) is 19.3 Å². The standard InChI is InChI=1S/C7H16N2/c8-6-4-2-1-3-5-7-9/h6-7H,1-5,8-9H2. The summed E-state index contributed by atoms with van der Waals surface area (Å²) in [6.45, 7) is 3.43. The lowest BCUT2D eigenvalue weighted by Gasteiger charge is -1.95. The largest absolute Gasteiger partial charge is 0.326 e. The molecule has 0 aromatic carbocycles. The van der Waals surface area contributed by atoms with Crippen LogP contribution in [0.2, 0.25) is 0 Å². The zero-order chi connectivity index (χ0) is 6.95. The Labute approximate surface area is 57.6 Å². The lowest BCUT2D eigenvalue weighted by molar-refractivity contribution is 0.664. The number of rotatable bonds is 6. The van der Waals surface area contributed by atoms with Crippen molar-refractivity contribution >= 4 is 0 Å². The summed E-state index contributed by atoms with van der Waals surface area (Å²) < 4.78 is 0. The predicted octanol–water partition coefficient (Wildman–Crippen LogP) is 1.18. The minimum atomic E-state index is 1.03. The Bertz CT molecular complexity index is 40.2. The lowest BCUT2D eigenvalue weighted by Crippen LogP contribution is -1.91. The first kappa shape index (κ1) is 8.92. The summed E-state index contributed by atoms with van der Waals surface area (Å²) in [4.78, 5) is 0. The van der Waals surface area contributed by atoms with Crippen molar-refractivity contribution in [2.75, 3.05) is 0 Å². The molecule has 0 saturated heterocycles. The molecule has 2 radical (unpaired) electrons. The van der Waals surface area contributed by atoms with Gasteiger partial charge in [-0.3, -0.25) is 0 Å². The minimum absolute atomic E-state index is 1.03. The molecule has 0 aliphatic heterocycles. The van der Waals surface area contributed by atoms with Crippen molar-refractivity contribution in [1.29, 1.82) is 0 Å². The van der Waals surface area contributed by atoms with E-state index < -0.39 is 0 Å². The molecule has 0 aliphatic rings. The number of nitrogens with two attached hydrogens (primary N) is 2. The molecule has 0 unspecified atom stereocenters. The topological polar surface area (TPSA) is 52.0 Å². The molecule has 0 spiro atoms. The maximum absolute atomic E-state index is 5.19. The summed E-state index contributed by atoms with van der Waals surface area (Å²) in [6.07, 6.45) is 5.70. The lowest BCUT2D eigenvalue weighted by atomic mass is 10.1. The molecule has 54 valence electrons. The number of unbranched alkanes of at least 4 members (excludes halogenated alkanes) is 4. The molecular weight excluding hydrogens is 112 g/mol. The molecule has 0 atom stereocenters. The minimum Gasteiger partial charge on any atom is -0.326 e. The molecule has 0 aliphatic carbocycles. The maximum atomic E-state index is 5.19. The number of hydrogen-bond donors (Lipinski definition) is 2. The van der Waals surface area contributed by atoms with Gasteiger partial charge in [-0.15, -0.1) is 0 Å². The maximum Gasteiger partial charge on any atom is 0.0192 e. The molecule has 9 heavy (non-hydrogen) atoms. The van der Waals surface area contributed by atoms with Crippen molar-refractivity contribution in [2.24, 2.45) is 11.5 Å². The predicted molar refractivity (Wildman–Crippen MR) is 40.1 cm³/mol. The summed E-state index contributed by atoms with van der Waals surface area (Å²) in [5.41, 5.74) is 10.4. The van der Waals surface area contributed by atoms with Gasteiger partial charge in [-0.1, -0.05) is 19.3 Å². The Kier molecular flexibility index (Phi) is 7.85. The first-order valence-electron chi connectivity index (χ1n) is 3.48. The molecule has 2 heteroatoms. The third-order valence-electron chi connectivity index (χ3n) is 1.24. The van der Waals surface area contributed by atoms with Crippen molar-refractivity contribution in [1.82, 2.24) is 0 Å². The Balaban J connectivity index is 2.60. The van der Waals surface area contributed by atoms with Crippen molar-refractivity contribution in [2.45, 2.75) is 32.1 Å². The van der Waals surface area contributed by atoms with Crippen LogP contribution >= 0.6 is 0 Å². The fraction of sp³-hybridized carbons (Fsp3) is 0.714. The molecule has 4 N–H and O–H groups in total. The van der Waals surface area contributed by atoms with Gasteiger partial charge in [-0.2, -0.15) is 0 Å². The third kappa shape index (κ3) is 7.92. The van der Waals surface area contributed by atoms with Crippen molar-refractivity contribution in [3.8, 4) is 0 Å². The van der Waals surface area contributed by atoms with E-state index in [2.05, 4.69) is 0 Å². The van der Waals surface area contributed by atoms with E-state index in [4.69, 9.17) is 11.5 Å². The highest BCUT2D eigenvalue weighted by atomic mass is 14.5. The van der Waals surface area contributed by atoms with Crippen LogP contribution in [0, 0.1) is 13.1 Å². The molecule has 2 nitrogen and oxygen atoms in total. The fourth-order valence-electron chi connectivity index (χ4n) is 0.701. The van der Waals surface area contributed by atoms with Crippen LogP contribution in [0.25, 0.3) is 0 Å². The van der Waals surface area contributed by atoms with Gasteiger partial charge in [0.25, 0.3) is 0 Å². The fourth-order valence-corrected chi connectivity index (χ4v) is 0.701. The molecule has 0 aromatic heterocycles. The molecule has 0 heterocycles. The van der Waals surface area contributed by atoms with Crippen LogP contribution in [-0.4, -0.2) is 0 Å². The molecule has 0 rings (SSSR count). The van der Waals surface area contributed by atoms with Gasteiger partial charge < -0.3 is 11.5 Å². The van der Waals surface area contributed by atoms with Crippen LogP contribution < -0.4 is 11.5 Å². The Hall–Kier alpha value is -0.0800. The van der Waals surface area contributed by atoms with E-state index in [1.807, 2.05) is 0 Å². The van der Waals surface area contributed by atoms with Crippen LogP contribution in [0.1, 0.15) is 32.1 Å². The van der Waals surface area contributed by atoms with Crippen LogP contribution in [0.5, 0.6) is 0 Å². The first-order valence-corrected chi connectivity index (χ1v) is 3.48. The average Bonchev–Trinajstić information content (AvgIpc) is 1.89. The van der Waals surface area contributed by atoms with E-state index in [0.717, 1.165) is 12.8 Å². The van der Waals surface area contributed by atoms with Gasteiger partial charge in [0.2, 0.25) is 0 Å². The van der Waals surface area contributed by atoms with Crippen LogP contribution in [0.4, 0.5) is 0 Å². The molecule has 0 aromatic rings. The van der Waals surface area contributed by atoms with Gasteiger partial charge in [0.05, 0.1) is 0 Å². The molecule has 0 amide bonds. The highest BCUT2D eigenvalue weighted by Gasteiger charge is 1.86. The van der Waals surface area contributed by atoms with Gasteiger partial charge in [-0.25, -0.2) is 0 Å². The SMILES string of the molecule is N[CH]CCCCC[CH]N. The molecule has 0 saturated carbocycles. The normalized spacial score (nSPS) is 10.0. The average molecular weight is 128 g/mol. The van der Waals surface area contributed by atoms with Gasteiger partial charge in [0.1, 0.15) is 0 Å². The summed E-state index contributed by atoms with van der Waals surface area (Å²) in [5.74, 6) is 0. The summed E-state index contributed by atoms with van der Waals surface area (Å²) in [5, 5.41) is 0. The number of hydrogen-bond acceptors (Lipinski definition) is 2. The smallest absolute Gasteiger partial charge is 0.0192 e. The van der Waals surface area contributed by atoms with E-state index >= 15 is 0 Å². The quantitative estimate of drug-likeness (QED) is 0.528. The zero-order valence-corrected chi connectivity index (χ0v) is 5.84. The second-order valence-corrected chi connectivity index (χ2v) is 2.11.